The van der Waals surface area contributed by atoms with E-state index in [1.165, 1.54) is 0 Å². The zero-order chi connectivity index (χ0) is 6.69. The maximum atomic E-state index is 6.93. The first kappa shape index (κ1) is 6.04. The average molecular weight is 122 g/mol. The molecule has 1 aromatic heterocycles. The van der Waals surface area contributed by atoms with Crippen LogP contribution in [0.5, 0.6) is 0 Å². The van der Waals surface area contributed by atoms with E-state index in [-0.39, 0.29) is 6.54 Å². The Morgan fingerprint density at radius 1 is 1.56 bits per heavy atom. The Morgan fingerprint density at radius 3 is 2.78 bits per heavy atom. The summed E-state index contributed by atoms with van der Waals surface area (Å²) in [5.41, 5.74) is 13.1. The molecule has 9 heavy (non-hydrogen) atoms. The van der Waals surface area contributed by atoms with Crippen LogP contribution < -0.4 is 11.5 Å². The Labute approximate surface area is 53.7 Å². The van der Waals surface area contributed by atoms with Crippen molar-refractivity contribution in [2.45, 2.75) is 6.54 Å². The Morgan fingerprint density at radius 2 is 2.33 bits per heavy atom. The third kappa shape index (κ3) is 1.40. The van der Waals surface area contributed by atoms with Gasteiger partial charge in [-0.3, -0.25) is 5.73 Å². The molecule has 0 aliphatic heterocycles. The second-order valence-corrected chi connectivity index (χ2v) is 1.77. The Hall–Kier alpha value is -1.09. The Balaban J connectivity index is 2.88. The number of aromatic nitrogens is 1. The average Bonchev–Trinajstić information content (AvgIpc) is 1.90. The van der Waals surface area contributed by atoms with Gasteiger partial charge in [0.15, 0.2) is 0 Å². The lowest BCUT2D eigenvalue weighted by Crippen LogP contribution is -1.91. The fourth-order valence-corrected chi connectivity index (χ4v) is 0.541. The van der Waals surface area contributed by atoms with Crippen molar-refractivity contribution in [1.82, 2.24) is 10.7 Å². The first-order valence-electron chi connectivity index (χ1n) is 2.68. The highest BCUT2D eigenvalue weighted by Gasteiger charge is 1.87. The van der Waals surface area contributed by atoms with Crippen molar-refractivity contribution in [2.75, 3.05) is 5.73 Å². The van der Waals surface area contributed by atoms with E-state index in [0.29, 0.717) is 5.82 Å². The van der Waals surface area contributed by atoms with Gasteiger partial charge in [0, 0.05) is 12.7 Å². The predicted octanol–water partition coefficient (Wildman–Crippen LogP) is 0.447. The smallest absolute Gasteiger partial charge is 0.123 e. The summed E-state index contributed by atoms with van der Waals surface area (Å²) >= 11 is 0. The minimum Gasteiger partial charge on any atom is -0.384 e. The van der Waals surface area contributed by atoms with Crippen molar-refractivity contribution in [3.8, 4) is 0 Å². The molecule has 47 valence electrons. The van der Waals surface area contributed by atoms with Gasteiger partial charge < -0.3 is 5.73 Å². The maximum absolute atomic E-state index is 6.93. The molecule has 3 heteroatoms. The summed E-state index contributed by atoms with van der Waals surface area (Å²) in [5.74, 6) is 0.507. The van der Waals surface area contributed by atoms with Crippen molar-refractivity contribution in [3.63, 3.8) is 0 Å². The Kier molecular flexibility index (Phi) is 1.65. The summed E-state index contributed by atoms with van der Waals surface area (Å²) in [6.07, 6.45) is 1.61. The first-order chi connectivity index (χ1) is 4.33. The number of hydrogen-bond donors (Lipinski definition) is 1. The van der Waals surface area contributed by atoms with E-state index >= 15 is 0 Å². The van der Waals surface area contributed by atoms with Gasteiger partial charge in [-0.25, -0.2) is 4.98 Å². The molecule has 0 aliphatic carbocycles. The van der Waals surface area contributed by atoms with Crippen LogP contribution in [0.3, 0.4) is 0 Å². The van der Waals surface area contributed by atoms with E-state index in [2.05, 4.69) is 4.98 Å². The summed E-state index contributed by atoms with van der Waals surface area (Å²) in [5, 5.41) is 0. The molecule has 0 amide bonds. The van der Waals surface area contributed by atoms with Crippen molar-refractivity contribution < 1.29 is 0 Å². The topological polar surface area (TPSA) is 62.7 Å². The van der Waals surface area contributed by atoms with E-state index in [4.69, 9.17) is 11.5 Å². The number of anilines is 1. The molecular formula is C6H8N3. The second kappa shape index (κ2) is 2.46. The SMILES string of the molecule is [NH]Cc1ccc(N)nc1. The number of pyridine rings is 1. The number of nitrogens with two attached hydrogens (primary N) is 1. The summed E-state index contributed by atoms with van der Waals surface area (Å²) in [6.45, 7) is 0.271. The molecule has 0 unspecified atom stereocenters. The number of nitrogens with zero attached hydrogens (tertiary/aromatic N) is 1. The highest BCUT2D eigenvalue weighted by Crippen LogP contribution is 1.98. The monoisotopic (exact) mass is 122 g/mol. The van der Waals surface area contributed by atoms with Crippen LogP contribution >= 0.6 is 0 Å². The van der Waals surface area contributed by atoms with Gasteiger partial charge in [0.05, 0.1) is 0 Å². The van der Waals surface area contributed by atoms with Crippen LogP contribution in [-0.4, -0.2) is 4.98 Å². The minimum absolute atomic E-state index is 0.271. The molecule has 0 spiro atoms. The predicted molar refractivity (Wildman–Crippen MR) is 35.5 cm³/mol. The van der Waals surface area contributed by atoms with Crippen LogP contribution in [0.1, 0.15) is 5.56 Å². The summed E-state index contributed by atoms with van der Waals surface area (Å²) in [6, 6.07) is 3.50. The van der Waals surface area contributed by atoms with Crippen LogP contribution in [0.25, 0.3) is 0 Å². The quantitative estimate of drug-likeness (QED) is 0.587. The van der Waals surface area contributed by atoms with Crippen molar-refractivity contribution in [2.24, 2.45) is 0 Å². The molecule has 1 aromatic rings. The molecule has 0 fully saturated rings. The van der Waals surface area contributed by atoms with E-state index in [0.717, 1.165) is 5.56 Å². The third-order valence-corrected chi connectivity index (χ3v) is 1.05. The highest BCUT2D eigenvalue weighted by molar-refractivity contribution is 5.28. The molecule has 0 aromatic carbocycles. The normalized spacial score (nSPS) is 9.44. The van der Waals surface area contributed by atoms with Gasteiger partial charge in [0.1, 0.15) is 5.82 Å². The van der Waals surface area contributed by atoms with Crippen molar-refractivity contribution in [3.05, 3.63) is 23.9 Å². The molecule has 1 radical (unpaired) electrons. The van der Waals surface area contributed by atoms with Crippen LogP contribution in [0.2, 0.25) is 0 Å². The van der Waals surface area contributed by atoms with E-state index in [9.17, 15) is 0 Å². The lowest BCUT2D eigenvalue weighted by Gasteiger charge is -1.93. The molecule has 0 saturated heterocycles. The second-order valence-electron chi connectivity index (χ2n) is 1.77. The first-order valence-corrected chi connectivity index (χ1v) is 2.68. The van der Waals surface area contributed by atoms with Gasteiger partial charge in [0.2, 0.25) is 0 Å². The molecule has 3 N–H and O–H groups in total. The fraction of sp³-hybridized carbons (Fsp3) is 0.167. The number of nitrogens with one attached hydrogen (secondary N) is 1. The van der Waals surface area contributed by atoms with E-state index in [1.54, 1.807) is 18.3 Å². The van der Waals surface area contributed by atoms with Gasteiger partial charge in [-0.05, 0) is 11.6 Å². The molecule has 1 heterocycles. The standard InChI is InChI=1S/C6H8N3/c7-3-5-1-2-6(8)9-4-5/h1-2,4,7H,3H2,(H2,8,9). The molecule has 0 atom stereocenters. The molecular weight excluding hydrogens is 114 g/mol. The molecule has 0 aliphatic rings. The van der Waals surface area contributed by atoms with Crippen LogP contribution in [0, 0.1) is 0 Å². The van der Waals surface area contributed by atoms with Crippen LogP contribution in [0.15, 0.2) is 18.3 Å². The summed E-state index contributed by atoms with van der Waals surface area (Å²) in [4.78, 5) is 3.81. The van der Waals surface area contributed by atoms with Crippen LogP contribution in [-0.2, 0) is 6.54 Å². The minimum atomic E-state index is 0.271. The lowest BCUT2D eigenvalue weighted by atomic mass is 10.3. The number of hydrogen-bond acceptors (Lipinski definition) is 2. The third-order valence-electron chi connectivity index (χ3n) is 1.05. The van der Waals surface area contributed by atoms with E-state index < -0.39 is 0 Å². The van der Waals surface area contributed by atoms with Gasteiger partial charge >= 0.3 is 0 Å². The molecule has 3 nitrogen and oxygen atoms in total. The fourth-order valence-electron chi connectivity index (χ4n) is 0.541. The Bertz CT molecular complexity index is 180. The molecule has 0 saturated carbocycles. The van der Waals surface area contributed by atoms with Crippen LogP contribution in [0.4, 0.5) is 5.82 Å². The van der Waals surface area contributed by atoms with Gasteiger partial charge in [-0.15, -0.1) is 0 Å². The number of rotatable bonds is 1. The van der Waals surface area contributed by atoms with Crippen molar-refractivity contribution in [1.29, 1.82) is 0 Å². The largest absolute Gasteiger partial charge is 0.384 e. The molecule has 0 bridgehead atoms. The molecule has 1 rings (SSSR count). The van der Waals surface area contributed by atoms with Gasteiger partial charge in [0.25, 0.3) is 0 Å². The lowest BCUT2D eigenvalue weighted by molar-refractivity contribution is 1.01. The van der Waals surface area contributed by atoms with Crippen molar-refractivity contribution >= 4 is 5.82 Å². The zero-order valence-electron chi connectivity index (χ0n) is 4.96. The summed E-state index contributed by atoms with van der Waals surface area (Å²) in [7, 11) is 0. The van der Waals surface area contributed by atoms with Gasteiger partial charge in [-0.2, -0.15) is 0 Å². The number of nitrogen functional groups attached to an aromatic ring is 1. The zero-order valence-corrected chi connectivity index (χ0v) is 4.96. The maximum Gasteiger partial charge on any atom is 0.123 e. The summed E-state index contributed by atoms with van der Waals surface area (Å²) < 4.78 is 0. The van der Waals surface area contributed by atoms with Gasteiger partial charge in [-0.1, -0.05) is 6.07 Å². The van der Waals surface area contributed by atoms with E-state index in [1.807, 2.05) is 0 Å². The highest BCUT2D eigenvalue weighted by atomic mass is 14.8.